The molecule has 0 aromatic heterocycles. The van der Waals surface area contributed by atoms with Gasteiger partial charge in [0.25, 0.3) is 11.1 Å². The Morgan fingerprint density at radius 3 is 2.59 bits per heavy atom. The molecule has 1 aliphatic rings. The van der Waals surface area contributed by atoms with Crippen LogP contribution in [0.4, 0.5) is 4.79 Å². The van der Waals surface area contributed by atoms with E-state index in [9.17, 15) is 9.59 Å². The van der Waals surface area contributed by atoms with Crippen LogP contribution in [0.5, 0.6) is 5.75 Å². The Hall–Kier alpha value is -2.73. The first-order chi connectivity index (χ1) is 15.4. The van der Waals surface area contributed by atoms with Crippen molar-refractivity contribution in [1.82, 2.24) is 4.90 Å². The van der Waals surface area contributed by atoms with Crippen LogP contribution in [-0.4, -0.2) is 16.0 Å². The summed E-state index contributed by atoms with van der Waals surface area (Å²) < 4.78 is 5.96. The van der Waals surface area contributed by atoms with Crippen LogP contribution in [0, 0.1) is 6.92 Å². The smallest absolute Gasteiger partial charge is 0.293 e. The molecule has 1 aliphatic heterocycles. The Labute approximate surface area is 200 Å². The highest BCUT2D eigenvalue weighted by atomic mass is 35.5. The van der Waals surface area contributed by atoms with E-state index in [1.54, 1.807) is 18.2 Å². The highest BCUT2D eigenvalue weighted by Gasteiger charge is 2.35. The summed E-state index contributed by atoms with van der Waals surface area (Å²) in [5, 5.41) is 0.793. The van der Waals surface area contributed by atoms with Gasteiger partial charge in [0, 0.05) is 21.2 Å². The molecule has 3 aromatic rings. The predicted molar refractivity (Wildman–Crippen MR) is 130 cm³/mol. The Kier molecular flexibility index (Phi) is 6.89. The van der Waals surface area contributed by atoms with Gasteiger partial charge in [-0.25, -0.2) is 0 Å². The fraction of sp³-hybridized carbons (Fsp3) is 0.120. The van der Waals surface area contributed by atoms with Crippen molar-refractivity contribution in [2.75, 3.05) is 0 Å². The zero-order chi connectivity index (χ0) is 22.7. The number of ether oxygens (including phenoxy) is 1. The molecular weight excluding hydrogens is 465 g/mol. The molecule has 32 heavy (non-hydrogen) atoms. The van der Waals surface area contributed by atoms with Crippen LogP contribution in [0.2, 0.25) is 10.0 Å². The topological polar surface area (TPSA) is 46.6 Å². The summed E-state index contributed by atoms with van der Waals surface area (Å²) in [6, 6.07) is 20.4. The van der Waals surface area contributed by atoms with Gasteiger partial charge in [-0.2, -0.15) is 0 Å². The summed E-state index contributed by atoms with van der Waals surface area (Å²) in [4.78, 5) is 27.1. The van der Waals surface area contributed by atoms with Crippen LogP contribution in [0.1, 0.15) is 22.3 Å². The van der Waals surface area contributed by atoms with E-state index in [4.69, 9.17) is 27.9 Å². The highest BCUT2D eigenvalue weighted by molar-refractivity contribution is 8.18. The molecule has 1 heterocycles. The summed E-state index contributed by atoms with van der Waals surface area (Å²) in [6.45, 7) is 2.47. The van der Waals surface area contributed by atoms with Gasteiger partial charge < -0.3 is 4.74 Å². The lowest BCUT2D eigenvalue weighted by atomic mass is 10.1. The minimum absolute atomic E-state index is 0.246. The molecule has 4 nitrogen and oxygen atoms in total. The molecule has 0 spiro atoms. The molecule has 7 heteroatoms. The van der Waals surface area contributed by atoms with Crippen LogP contribution < -0.4 is 4.74 Å². The number of thioether (sulfide) groups is 1. The number of rotatable bonds is 6. The van der Waals surface area contributed by atoms with Crippen molar-refractivity contribution in [1.29, 1.82) is 0 Å². The first-order valence-electron chi connectivity index (χ1n) is 9.87. The van der Waals surface area contributed by atoms with Crippen molar-refractivity contribution < 1.29 is 14.3 Å². The van der Waals surface area contributed by atoms with Crippen LogP contribution in [0.15, 0.2) is 71.6 Å². The van der Waals surface area contributed by atoms with Gasteiger partial charge in [-0.3, -0.25) is 14.5 Å². The van der Waals surface area contributed by atoms with Crippen molar-refractivity contribution in [3.63, 3.8) is 0 Å². The molecule has 4 rings (SSSR count). The third-order valence-corrected chi connectivity index (χ3v) is 6.39. The van der Waals surface area contributed by atoms with Gasteiger partial charge >= 0.3 is 0 Å². The Bertz CT molecular complexity index is 1230. The molecule has 0 atom stereocenters. The Morgan fingerprint density at radius 1 is 1.00 bits per heavy atom. The number of imide groups is 1. The molecule has 1 saturated heterocycles. The third kappa shape index (κ3) is 5.18. The summed E-state index contributed by atoms with van der Waals surface area (Å²) in [5.41, 5.74) is 3.50. The van der Waals surface area contributed by atoms with Gasteiger partial charge in [-0.1, -0.05) is 77.3 Å². The minimum atomic E-state index is -0.308. The van der Waals surface area contributed by atoms with Gasteiger partial charge in [0.2, 0.25) is 0 Å². The van der Waals surface area contributed by atoms with Gasteiger partial charge in [-0.05, 0) is 48.5 Å². The quantitative estimate of drug-likeness (QED) is 0.350. The summed E-state index contributed by atoms with van der Waals surface area (Å²) in [5.74, 6) is 0.279. The number of hydrogen-bond acceptors (Lipinski definition) is 4. The number of benzene rings is 3. The van der Waals surface area contributed by atoms with Crippen molar-refractivity contribution in [2.45, 2.75) is 20.1 Å². The van der Waals surface area contributed by atoms with Gasteiger partial charge in [0.1, 0.15) is 12.4 Å². The summed E-state index contributed by atoms with van der Waals surface area (Å²) in [6.07, 6.45) is 1.69. The summed E-state index contributed by atoms with van der Waals surface area (Å²) >= 11 is 13.1. The number of amides is 2. The van der Waals surface area contributed by atoms with Crippen molar-refractivity contribution in [3.8, 4) is 5.75 Å². The van der Waals surface area contributed by atoms with E-state index >= 15 is 0 Å². The first-order valence-corrected chi connectivity index (χ1v) is 11.4. The average molecular weight is 484 g/mol. The molecule has 1 fully saturated rings. The number of hydrogen-bond donors (Lipinski definition) is 0. The van der Waals surface area contributed by atoms with Crippen molar-refractivity contribution in [2.24, 2.45) is 0 Å². The average Bonchev–Trinajstić information content (AvgIpc) is 3.01. The number of halogens is 2. The highest BCUT2D eigenvalue weighted by Crippen LogP contribution is 2.35. The Balaban J connectivity index is 1.52. The van der Waals surface area contributed by atoms with E-state index in [1.165, 1.54) is 4.90 Å². The molecule has 162 valence electrons. The zero-order valence-electron chi connectivity index (χ0n) is 17.2. The number of carbonyl (C=O) groups is 2. The number of carbonyl (C=O) groups excluding carboxylic acids is 2. The van der Waals surface area contributed by atoms with Gasteiger partial charge in [0.05, 0.1) is 11.4 Å². The number of aryl methyl sites for hydroxylation is 1. The van der Waals surface area contributed by atoms with E-state index in [1.807, 2.05) is 61.5 Å². The maximum atomic E-state index is 12.9. The molecular formula is C25H19Cl2NO3S. The minimum Gasteiger partial charge on any atom is -0.488 e. The molecule has 0 radical (unpaired) electrons. The zero-order valence-corrected chi connectivity index (χ0v) is 19.5. The molecule has 2 amide bonds. The first kappa shape index (κ1) is 22.5. The SMILES string of the molecule is Cc1cccc(CN2C(=O)S/C(=C\c3ccccc3OCc3ccc(Cl)cc3Cl)C2=O)c1. The van der Waals surface area contributed by atoms with Gasteiger partial charge in [-0.15, -0.1) is 0 Å². The molecule has 0 saturated carbocycles. The molecule has 0 bridgehead atoms. The maximum Gasteiger partial charge on any atom is 0.293 e. The lowest BCUT2D eigenvalue weighted by Gasteiger charge is -2.13. The standard InChI is InChI=1S/C25H19Cl2NO3S/c1-16-5-4-6-17(11-16)14-28-24(29)23(32-25(28)30)12-18-7-2-3-8-22(18)31-15-19-9-10-20(26)13-21(19)27/h2-13H,14-15H2,1H3/b23-12-. The second-order valence-corrected chi connectivity index (χ2v) is 9.16. The van der Waals surface area contributed by atoms with E-state index < -0.39 is 0 Å². The second kappa shape index (κ2) is 9.82. The van der Waals surface area contributed by atoms with Crippen molar-refractivity contribution >= 4 is 52.2 Å². The molecule has 0 N–H and O–H groups in total. The van der Waals surface area contributed by atoms with Crippen LogP contribution in [0.3, 0.4) is 0 Å². The fourth-order valence-electron chi connectivity index (χ4n) is 3.30. The summed E-state index contributed by atoms with van der Waals surface area (Å²) in [7, 11) is 0. The Morgan fingerprint density at radius 2 is 1.81 bits per heavy atom. The van der Waals surface area contributed by atoms with Crippen LogP contribution in [-0.2, 0) is 17.9 Å². The largest absolute Gasteiger partial charge is 0.488 e. The fourth-order valence-corrected chi connectivity index (χ4v) is 4.59. The predicted octanol–water partition coefficient (Wildman–Crippen LogP) is 7.12. The van der Waals surface area contributed by atoms with Gasteiger partial charge in [0.15, 0.2) is 0 Å². The molecule has 0 aliphatic carbocycles. The lowest BCUT2D eigenvalue weighted by Crippen LogP contribution is -2.27. The number of para-hydroxylation sites is 1. The molecule has 3 aromatic carbocycles. The van der Waals surface area contributed by atoms with Crippen LogP contribution >= 0.6 is 35.0 Å². The number of nitrogens with zero attached hydrogens (tertiary/aromatic N) is 1. The lowest BCUT2D eigenvalue weighted by molar-refractivity contribution is -0.123. The van der Waals surface area contributed by atoms with E-state index in [2.05, 4.69) is 0 Å². The van der Waals surface area contributed by atoms with E-state index in [0.717, 1.165) is 28.5 Å². The van der Waals surface area contributed by atoms with Crippen LogP contribution in [0.25, 0.3) is 6.08 Å². The van der Waals surface area contributed by atoms with E-state index in [0.29, 0.717) is 26.3 Å². The van der Waals surface area contributed by atoms with Crippen molar-refractivity contribution in [3.05, 3.63) is 104 Å². The molecule has 0 unspecified atom stereocenters. The van der Waals surface area contributed by atoms with E-state index in [-0.39, 0.29) is 24.3 Å². The normalized spacial score (nSPS) is 15.0. The third-order valence-electron chi connectivity index (χ3n) is 4.90. The monoisotopic (exact) mass is 483 g/mol. The maximum absolute atomic E-state index is 12.9. The second-order valence-electron chi connectivity index (χ2n) is 7.32.